The molecule has 0 bridgehead atoms. The van der Waals surface area contributed by atoms with E-state index in [4.69, 9.17) is 11.2 Å². The Morgan fingerprint density at radius 2 is 2.31 bits per heavy atom. The average molecular weight is 174 g/mol. The highest BCUT2D eigenvalue weighted by atomic mass is 16.5. The topological polar surface area (TPSA) is 29.5 Å². The molecule has 2 heteroatoms. The minimum absolute atomic E-state index is 0.276. The van der Waals surface area contributed by atoms with E-state index in [2.05, 4.69) is 5.92 Å². The molecule has 1 aromatic carbocycles. The minimum atomic E-state index is -0.813. The number of hydrogen-bond donors (Lipinski definition) is 1. The third-order valence-electron chi connectivity index (χ3n) is 2.19. The molecule has 2 nitrogen and oxygen atoms in total. The zero-order valence-electron chi connectivity index (χ0n) is 7.10. The summed E-state index contributed by atoms with van der Waals surface area (Å²) in [5, 5.41) is 9.37. The van der Waals surface area contributed by atoms with Gasteiger partial charge in [0.2, 0.25) is 0 Å². The van der Waals surface area contributed by atoms with Crippen molar-refractivity contribution in [3.63, 3.8) is 0 Å². The van der Waals surface area contributed by atoms with Gasteiger partial charge in [-0.05, 0) is 11.6 Å². The Labute approximate surface area is 77.2 Å². The number of fused-ring (bicyclic) bond motifs is 1. The van der Waals surface area contributed by atoms with E-state index >= 15 is 0 Å². The van der Waals surface area contributed by atoms with Crippen LogP contribution in [0.15, 0.2) is 24.3 Å². The molecule has 0 radical (unpaired) electrons. The summed E-state index contributed by atoms with van der Waals surface area (Å²) in [7, 11) is 0. The highest BCUT2D eigenvalue weighted by Gasteiger charge is 2.27. The summed E-state index contributed by atoms with van der Waals surface area (Å²) >= 11 is 0. The van der Waals surface area contributed by atoms with Gasteiger partial charge in [-0.25, -0.2) is 0 Å². The molecule has 2 atom stereocenters. The summed E-state index contributed by atoms with van der Waals surface area (Å²) in [5.41, 5.74) is 1.11. The highest BCUT2D eigenvalue weighted by molar-refractivity contribution is 5.38. The number of aliphatic hydroxyl groups is 1. The van der Waals surface area contributed by atoms with E-state index in [0.717, 1.165) is 11.3 Å². The molecule has 13 heavy (non-hydrogen) atoms. The standard InChI is InChI=1S/C11H10O2/c1-2-9(12)11-7-8-5-3-4-6-10(8)13-11/h1,3-6,9,11-12H,7H2. The largest absolute Gasteiger partial charge is 0.486 e. The van der Waals surface area contributed by atoms with E-state index < -0.39 is 6.10 Å². The Kier molecular flexibility index (Phi) is 1.96. The van der Waals surface area contributed by atoms with Crippen LogP contribution in [0.2, 0.25) is 0 Å². The first kappa shape index (κ1) is 8.15. The molecule has 0 saturated carbocycles. The second kappa shape index (κ2) is 3.12. The van der Waals surface area contributed by atoms with Gasteiger partial charge in [-0.1, -0.05) is 24.1 Å². The summed E-state index contributed by atoms with van der Waals surface area (Å²) in [6.45, 7) is 0. The molecule has 0 aromatic heterocycles. The Hall–Kier alpha value is -1.46. The first-order valence-electron chi connectivity index (χ1n) is 4.20. The van der Waals surface area contributed by atoms with Gasteiger partial charge in [-0.15, -0.1) is 6.42 Å². The minimum Gasteiger partial charge on any atom is -0.486 e. The Morgan fingerprint density at radius 1 is 1.54 bits per heavy atom. The van der Waals surface area contributed by atoms with Crippen LogP contribution in [0.4, 0.5) is 0 Å². The number of terminal acetylenes is 1. The maximum Gasteiger partial charge on any atom is 0.151 e. The molecule has 2 unspecified atom stereocenters. The van der Waals surface area contributed by atoms with Crippen LogP contribution in [0, 0.1) is 12.3 Å². The van der Waals surface area contributed by atoms with Crippen molar-refractivity contribution in [2.24, 2.45) is 0 Å². The first-order valence-corrected chi connectivity index (χ1v) is 4.20. The number of rotatable bonds is 1. The fourth-order valence-electron chi connectivity index (χ4n) is 1.49. The van der Waals surface area contributed by atoms with Crippen molar-refractivity contribution in [3.05, 3.63) is 29.8 Å². The lowest BCUT2D eigenvalue weighted by molar-refractivity contribution is 0.0891. The molecule has 1 N–H and O–H groups in total. The number of hydrogen-bond acceptors (Lipinski definition) is 2. The quantitative estimate of drug-likeness (QED) is 0.643. The third kappa shape index (κ3) is 1.39. The summed E-state index contributed by atoms with van der Waals surface area (Å²) in [6.07, 6.45) is 4.71. The van der Waals surface area contributed by atoms with Gasteiger partial charge >= 0.3 is 0 Å². The van der Waals surface area contributed by atoms with Gasteiger partial charge in [0.25, 0.3) is 0 Å². The van der Waals surface area contributed by atoms with Crippen molar-refractivity contribution in [3.8, 4) is 18.1 Å². The van der Waals surface area contributed by atoms with Crippen molar-refractivity contribution < 1.29 is 9.84 Å². The molecule has 0 amide bonds. The molecule has 66 valence electrons. The fourth-order valence-corrected chi connectivity index (χ4v) is 1.49. The maximum atomic E-state index is 9.37. The van der Waals surface area contributed by atoms with Crippen molar-refractivity contribution in [2.75, 3.05) is 0 Å². The zero-order valence-corrected chi connectivity index (χ0v) is 7.10. The molecular weight excluding hydrogens is 164 g/mol. The number of aliphatic hydroxyl groups excluding tert-OH is 1. The SMILES string of the molecule is C#CC(O)C1Cc2ccccc2O1. The lowest BCUT2D eigenvalue weighted by Crippen LogP contribution is -2.28. The lowest BCUT2D eigenvalue weighted by Gasteiger charge is -2.11. The monoisotopic (exact) mass is 174 g/mol. The van der Waals surface area contributed by atoms with Gasteiger partial charge < -0.3 is 9.84 Å². The zero-order chi connectivity index (χ0) is 9.26. The molecule has 1 heterocycles. The molecule has 0 spiro atoms. The molecule has 1 aliphatic rings. The number of para-hydroxylation sites is 1. The van der Waals surface area contributed by atoms with Gasteiger partial charge in [-0.3, -0.25) is 0 Å². The van der Waals surface area contributed by atoms with Crippen LogP contribution in [-0.4, -0.2) is 17.3 Å². The summed E-state index contributed by atoms with van der Waals surface area (Å²) in [6, 6.07) is 7.73. The second-order valence-electron chi connectivity index (χ2n) is 3.08. The molecule has 0 aliphatic carbocycles. The highest BCUT2D eigenvalue weighted by Crippen LogP contribution is 2.29. The summed E-state index contributed by atoms with van der Waals surface area (Å²) in [4.78, 5) is 0. The van der Waals surface area contributed by atoms with E-state index in [1.54, 1.807) is 0 Å². The molecule has 0 saturated heterocycles. The van der Waals surface area contributed by atoms with E-state index in [-0.39, 0.29) is 6.10 Å². The lowest BCUT2D eigenvalue weighted by atomic mass is 10.1. The molecule has 2 rings (SSSR count). The van der Waals surface area contributed by atoms with Gasteiger partial charge in [0, 0.05) is 6.42 Å². The molecular formula is C11H10O2. The van der Waals surface area contributed by atoms with Crippen LogP contribution in [0.5, 0.6) is 5.75 Å². The Morgan fingerprint density at radius 3 is 3.00 bits per heavy atom. The predicted molar refractivity (Wildman–Crippen MR) is 49.4 cm³/mol. The number of ether oxygens (including phenoxy) is 1. The fraction of sp³-hybridized carbons (Fsp3) is 0.273. The van der Waals surface area contributed by atoms with Crippen molar-refractivity contribution >= 4 is 0 Å². The van der Waals surface area contributed by atoms with Gasteiger partial charge in [0.1, 0.15) is 11.9 Å². The summed E-state index contributed by atoms with van der Waals surface area (Å²) < 4.78 is 5.47. The van der Waals surface area contributed by atoms with Gasteiger partial charge in [0.15, 0.2) is 6.10 Å². The Bertz CT molecular complexity index is 326. The van der Waals surface area contributed by atoms with E-state index in [1.807, 2.05) is 24.3 Å². The van der Waals surface area contributed by atoms with Crippen LogP contribution in [0.25, 0.3) is 0 Å². The first-order chi connectivity index (χ1) is 6.31. The van der Waals surface area contributed by atoms with Crippen LogP contribution in [0.1, 0.15) is 5.56 Å². The van der Waals surface area contributed by atoms with Gasteiger partial charge in [0.05, 0.1) is 0 Å². The van der Waals surface area contributed by atoms with Gasteiger partial charge in [-0.2, -0.15) is 0 Å². The predicted octanol–water partition coefficient (Wildman–Crippen LogP) is 0.984. The van der Waals surface area contributed by atoms with Crippen molar-refractivity contribution in [1.82, 2.24) is 0 Å². The normalized spacial score (nSPS) is 21.4. The van der Waals surface area contributed by atoms with Crippen LogP contribution in [0.3, 0.4) is 0 Å². The van der Waals surface area contributed by atoms with E-state index in [9.17, 15) is 5.11 Å². The maximum absolute atomic E-state index is 9.37. The molecule has 1 aliphatic heterocycles. The second-order valence-corrected chi connectivity index (χ2v) is 3.08. The molecule has 1 aromatic rings. The van der Waals surface area contributed by atoms with Crippen LogP contribution in [-0.2, 0) is 6.42 Å². The van der Waals surface area contributed by atoms with Crippen molar-refractivity contribution in [1.29, 1.82) is 0 Å². The Balaban J connectivity index is 2.19. The third-order valence-corrected chi connectivity index (χ3v) is 2.19. The average Bonchev–Trinajstić information content (AvgIpc) is 2.59. The van der Waals surface area contributed by atoms with Crippen LogP contribution < -0.4 is 4.74 Å². The van der Waals surface area contributed by atoms with E-state index in [1.165, 1.54) is 0 Å². The van der Waals surface area contributed by atoms with E-state index in [0.29, 0.717) is 6.42 Å². The number of benzene rings is 1. The van der Waals surface area contributed by atoms with Crippen LogP contribution >= 0.6 is 0 Å². The smallest absolute Gasteiger partial charge is 0.151 e. The summed E-state index contributed by atoms with van der Waals surface area (Å²) in [5.74, 6) is 3.11. The van der Waals surface area contributed by atoms with Crippen molar-refractivity contribution in [2.45, 2.75) is 18.6 Å². The molecule has 0 fully saturated rings.